The number of nitrogens with zero attached hydrogens (tertiary/aromatic N) is 4. The Balaban J connectivity index is 1.47. The highest BCUT2D eigenvalue weighted by Gasteiger charge is 2.39. The Morgan fingerprint density at radius 1 is 1.27 bits per heavy atom. The van der Waals surface area contributed by atoms with Gasteiger partial charge in [0.05, 0.1) is 43.2 Å². The maximum Gasteiger partial charge on any atom is 0.330 e. The van der Waals surface area contributed by atoms with Crippen LogP contribution < -0.4 is 21.3 Å². The van der Waals surface area contributed by atoms with E-state index in [1.54, 1.807) is 57.6 Å². The number of aromatic amines is 1. The standard InChI is InChI=1S/C29H40N6O9/c1-6-42-21-9-7-8-18(25(21)38)24(37)19(27(40)44-29(3,4)5)12-30-11-17-14-35(33-32-17)20-10-23(43-22(20)15-36)34-13-16(2)26(39)31-28(34)41/h7-9,13-14,19-20,22-24,30,36-38H,6,10-12,15H2,1-5H3,(H,31,39,41)/t19?,20-,22+,23+,24?/m0/s1. The predicted octanol–water partition coefficient (Wildman–Crippen LogP) is 0.843. The van der Waals surface area contributed by atoms with Crippen molar-refractivity contribution in [1.29, 1.82) is 0 Å². The minimum atomic E-state index is -1.41. The number of esters is 1. The van der Waals surface area contributed by atoms with E-state index in [9.17, 15) is 29.7 Å². The molecule has 5 N–H and O–H groups in total. The summed E-state index contributed by atoms with van der Waals surface area (Å²) in [6, 6.07) is 4.25. The van der Waals surface area contributed by atoms with Gasteiger partial charge in [0, 0.05) is 36.8 Å². The highest BCUT2D eigenvalue weighted by molar-refractivity contribution is 5.74. The summed E-state index contributed by atoms with van der Waals surface area (Å²) >= 11 is 0. The molecule has 1 aliphatic heterocycles. The summed E-state index contributed by atoms with van der Waals surface area (Å²) in [4.78, 5) is 39.5. The van der Waals surface area contributed by atoms with E-state index in [1.165, 1.54) is 16.8 Å². The van der Waals surface area contributed by atoms with Crippen LogP contribution in [0.4, 0.5) is 0 Å². The van der Waals surface area contributed by atoms with Gasteiger partial charge in [0.25, 0.3) is 5.56 Å². The Morgan fingerprint density at radius 2 is 2.02 bits per heavy atom. The molecule has 4 rings (SSSR count). The molecule has 0 amide bonds. The summed E-state index contributed by atoms with van der Waals surface area (Å²) in [5, 5.41) is 43.3. The van der Waals surface area contributed by atoms with Crippen LogP contribution in [0.5, 0.6) is 11.5 Å². The number of aromatic hydroxyl groups is 1. The second-order valence-corrected chi connectivity index (χ2v) is 11.6. The Bertz CT molecular complexity index is 1560. The van der Waals surface area contributed by atoms with Gasteiger partial charge < -0.3 is 34.8 Å². The van der Waals surface area contributed by atoms with Gasteiger partial charge >= 0.3 is 11.7 Å². The Hall–Kier alpha value is -4.05. The van der Waals surface area contributed by atoms with Gasteiger partial charge in [0.2, 0.25) is 0 Å². The average molecular weight is 617 g/mol. The molecule has 15 nitrogen and oxygen atoms in total. The summed E-state index contributed by atoms with van der Waals surface area (Å²) < 4.78 is 19.7. The third kappa shape index (κ3) is 7.53. The number of hydrogen-bond donors (Lipinski definition) is 5. The number of phenols is 1. The second-order valence-electron chi connectivity index (χ2n) is 11.6. The van der Waals surface area contributed by atoms with Crippen LogP contribution in [0.15, 0.2) is 40.2 Å². The number of aryl methyl sites for hydroxylation is 1. The first-order valence-corrected chi connectivity index (χ1v) is 14.4. The topological polar surface area (TPSA) is 203 Å². The van der Waals surface area contributed by atoms with Crippen LogP contribution in [-0.2, 0) is 20.8 Å². The van der Waals surface area contributed by atoms with Crippen LogP contribution in [0.1, 0.15) is 69.3 Å². The maximum absolute atomic E-state index is 13.1. The summed E-state index contributed by atoms with van der Waals surface area (Å²) in [5.74, 6) is -1.81. The molecule has 0 saturated carbocycles. The van der Waals surface area contributed by atoms with E-state index in [-0.39, 0.29) is 43.2 Å². The number of para-hydroxylation sites is 1. The van der Waals surface area contributed by atoms with Gasteiger partial charge in [-0.1, -0.05) is 17.3 Å². The van der Waals surface area contributed by atoms with Crippen molar-refractivity contribution in [1.82, 2.24) is 29.9 Å². The second kappa shape index (κ2) is 13.7. The molecule has 1 saturated heterocycles. The van der Waals surface area contributed by atoms with Crippen LogP contribution >= 0.6 is 0 Å². The molecule has 1 aliphatic rings. The maximum atomic E-state index is 13.1. The van der Waals surface area contributed by atoms with Gasteiger partial charge in [-0.05, 0) is 40.7 Å². The van der Waals surface area contributed by atoms with Crippen molar-refractivity contribution in [2.75, 3.05) is 19.8 Å². The number of aromatic nitrogens is 5. The lowest BCUT2D eigenvalue weighted by Gasteiger charge is -2.27. The number of rotatable bonds is 12. The van der Waals surface area contributed by atoms with Gasteiger partial charge in [-0.2, -0.15) is 0 Å². The lowest BCUT2D eigenvalue weighted by Crippen LogP contribution is -2.37. The predicted molar refractivity (Wildman–Crippen MR) is 156 cm³/mol. The fourth-order valence-electron chi connectivity index (χ4n) is 5.01. The van der Waals surface area contributed by atoms with E-state index in [2.05, 4.69) is 20.6 Å². The zero-order valence-electron chi connectivity index (χ0n) is 25.4. The van der Waals surface area contributed by atoms with Crippen LogP contribution in [0.3, 0.4) is 0 Å². The highest BCUT2D eigenvalue weighted by atomic mass is 16.6. The van der Waals surface area contributed by atoms with E-state index in [0.29, 0.717) is 17.9 Å². The smallest absolute Gasteiger partial charge is 0.330 e. The summed E-state index contributed by atoms with van der Waals surface area (Å²) in [5.41, 5.74) is -0.936. The molecule has 0 radical (unpaired) electrons. The SMILES string of the molecule is CCOc1cccc(C(O)C(CNCc2cn([C@H]3C[C@H](n4cc(C)c(=O)[nH]c4=O)O[C@@H]3CO)nn2)C(=O)OC(C)(C)C)c1O. The van der Waals surface area contributed by atoms with Crippen molar-refractivity contribution in [3.8, 4) is 11.5 Å². The van der Waals surface area contributed by atoms with E-state index in [4.69, 9.17) is 14.2 Å². The Morgan fingerprint density at radius 3 is 2.70 bits per heavy atom. The number of aliphatic hydroxyl groups is 2. The number of H-pyrrole nitrogens is 1. The number of carbonyl (C=O) groups excluding carboxylic acids is 1. The Kier molecular flexibility index (Phi) is 10.2. The van der Waals surface area contributed by atoms with Crippen molar-refractivity contribution in [3.63, 3.8) is 0 Å². The van der Waals surface area contributed by atoms with Gasteiger partial charge in [-0.25, -0.2) is 9.48 Å². The van der Waals surface area contributed by atoms with E-state index in [0.717, 1.165) is 0 Å². The monoisotopic (exact) mass is 616 g/mol. The summed E-state index contributed by atoms with van der Waals surface area (Å²) in [7, 11) is 0. The van der Waals surface area contributed by atoms with Crippen LogP contribution in [0.25, 0.3) is 0 Å². The first-order chi connectivity index (χ1) is 20.8. The molecule has 240 valence electrons. The van der Waals surface area contributed by atoms with E-state index < -0.39 is 53.2 Å². The zero-order chi connectivity index (χ0) is 32.2. The molecule has 3 heterocycles. The number of phenolic OH excluding ortho intramolecular Hbond substituents is 1. The first-order valence-electron chi connectivity index (χ1n) is 14.4. The van der Waals surface area contributed by atoms with Crippen molar-refractivity contribution < 1.29 is 34.3 Å². The van der Waals surface area contributed by atoms with Crippen molar-refractivity contribution in [2.45, 2.75) is 77.7 Å². The number of aliphatic hydroxyl groups excluding tert-OH is 2. The lowest BCUT2D eigenvalue weighted by atomic mass is 9.94. The number of benzene rings is 1. The first kappa shape index (κ1) is 32.9. The quantitative estimate of drug-likeness (QED) is 0.180. The van der Waals surface area contributed by atoms with Gasteiger partial charge in [-0.3, -0.25) is 19.1 Å². The zero-order valence-corrected chi connectivity index (χ0v) is 25.4. The fourth-order valence-corrected chi connectivity index (χ4v) is 5.01. The Labute approximate surface area is 253 Å². The van der Waals surface area contributed by atoms with Crippen molar-refractivity contribution >= 4 is 5.97 Å². The molecule has 44 heavy (non-hydrogen) atoms. The molecule has 0 bridgehead atoms. The fraction of sp³-hybridized carbons (Fsp3) is 0.552. The van der Waals surface area contributed by atoms with E-state index >= 15 is 0 Å². The molecular weight excluding hydrogens is 576 g/mol. The van der Waals surface area contributed by atoms with Crippen molar-refractivity contribution in [2.24, 2.45) is 5.92 Å². The van der Waals surface area contributed by atoms with E-state index in [1.807, 2.05) is 0 Å². The van der Waals surface area contributed by atoms with Gasteiger partial charge in [0.15, 0.2) is 11.5 Å². The molecular formula is C29H40N6O9. The lowest BCUT2D eigenvalue weighted by molar-refractivity contribution is -0.164. The van der Waals surface area contributed by atoms with Crippen LogP contribution in [0.2, 0.25) is 0 Å². The third-order valence-corrected chi connectivity index (χ3v) is 7.15. The molecule has 5 atom stereocenters. The van der Waals surface area contributed by atoms with Crippen molar-refractivity contribution in [3.05, 3.63) is 68.3 Å². The largest absolute Gasteiger partial charge is 0.504 e. The normalized spacial score (nSPS) is 19.9. The minimum absolute atomic E-state index is 0.0242. The number of hydrogen-bond acceptors (Lipinski definition) is 12. The number of nitrogens with one attached hydrogen (secondary N) is 2. The van der Waals surface area contributed by atoms with Crippen LogP contribution in [0, 0.1) is 12.8 Å². The number of carbonyl (C=O) groups is 1. The summed E-state index contributed by atoms with van der Waals surface area (Å²) in [6.07, 6.45) is 0.522. The van der Waals surface area contributed by atoms with Gasteiger partial charge in [0.1, 0.15) is 17.9 Å². The third-order valence-electron chi connectivity index (χ3n) is 7.15. The van der Waals surface area contributed by atoms with Crippen LogP contribution in [-0.4, -0.2) is 77.3 Å². The minimum Gasteiger partial charge on any atom is -0.504 e. The highest BCUT2D eigenvalue weighted by Crippen LogP contribution is 2.38. The molecule has 2 aromatic heterocycles. The van der Waals surface area contributed by atoms with Gasteiger partial charge in [-0.15, -0.1) is 5.10 Å². The molecule has 1 aromatic carbocycles. The molecule has 2 unspecified atom stereocenters. The summed E-state index contributed by atoms with van der Waals surface area (Å²) in [6.45, 7) is 8.62. The molecule has 1 fully saturated rings. The molecule has 15 heteroatoms. The molecule has 3 aromatic rings. The average Bonchev–Trinajstić information content (AvgIpc) is 3.60. The molecule has 0 spiro atoms. The molecule has 0 aliphatic carbocycles. The number of ether oxygens (including phenoxy) is 3.